The van der Waals surface area contributed by atoms with Crippen LogP contribution in [0.5, 0.6) is 0 Å². The van der Waals surface area contributed by atoms with Gasteiger partial charge in [0.05, 0.1) is 10.7 Å². The molecule has 0 radical (unpaired) electrons. The van der Waals surface area contributed by atoms with E-state index in [4.69, 9.17) is 17.3 Å². The molecule has 0 amide bonds. The van der Waals surface area contributed by atoms with Gasteiger partial charge in [0.15, 0.2) is 0 Å². The fraction of sp³-hybridized carbons (Fsp3) is 0.625. The zero-order valence-corrected chi connectivity index (χ0v) is 12.8. The van der Waals surface area contributed by atoms with Crippen molar-refractivity contribution in [2.75, 3.05) is 37.6 Å². The summed E-state index contributed by atoms with van der Waals surface area (Å²) < 4.78 is 0. The highest BCUT2D eigenvalue weighted by Gasteiger charge is 2.29. The van der Waals surface area contributed by atoms with Crippen LogP contribution in [0.15, 0.2) is 18.2 Å². The van der Waals surface area contributed by atoms with E-state index in [0.29, 0.717) is 6.54 Å². The molecule has 0 saturated carbocycles. The first-order valence-corrected chi connectivity index (χ1v) is 8.13. The second kappa shape index (κ2) is 6.33. The largest absolute Gasteiger partial charge is 0.367 e. The Morgan fingerprint density at radius 2 is 2.10 bits per heavy atom. The topological polar surface area (TPSA) is 32.5 Å². The molecule has 3 rings (SSSR count). The lowest BCUT2D eigenvalue weighted by Crippen LogP contribution is -2.54. The molecule has 2 heterocycles. The molecule has 3 nitrogen and oxygen atoms in total. The number of piperazine rings is 1. The maximum atomic E-state index is 6.48. The average Bonchev–Trinajstić information content (AvgIpc) is 2.47. The standard InChI is InChI=1S/C16H24ClN3/c17-15-11-13(6-7-18)4-5-16(15)20-10-9-19-8-2-1-3-14(19)12-20/h4-5,11,14H,1-3,6-10,12,18H2. The molecule has 110 valence electrons. The lowest BCUT2D eigenvalue weighted by molar-refractivity contribution is 0.133. The number of hydrogen-bond donors (Lipinski definition) is 1. The second-order valence-electron chi connectivity index (χ2n) is 5.96. The quantitative estimate of drug-likeness (QED) is 0.929. The van der Waals surface area contributed by atoms with Gasteiger partial charge in [-0.25, -0.2) is 0 Å². The van der Waals surface area contributed by atoms with Gasteiger partial charge in [0.1, 0.15) is 0 Å². The molecule has 1 aromatic rings. The summed E-state index contributed by atoms with van der Waals surface area (Å²) >= 11 is 6.48. The molecule has 1 atom stereocenters. The van der Waals surface area contributed by atoms with Crippen LogP contribution in [0.25, 0.3) is 0 Å². The Bertz CT molecular complexity index is 463. The summed E-state index contributed by atoms with van der Waals surface area (Å²) in [4.78, 5) is 5.11. The van der Waals surface area contributed by atoms with Gasteiger partial charge in [-0.2, -0.15) is 0 Å². The van der Waals surface area contributed by atoms with Gasteiger partial charge in [-0.3, -0.25) is 4.90 Å². The van der Waals surface area contributed by atoms with E-state index in [0.717, 1.165) is 30.6 Å². The van der Waals surface area contributed by atoms with Gasteiger partial charge in [0.25, 0.3) is 0 Å². The molecule has 2 saturated heterocycles. The lowest BCUT2D eigenvalue weighted by atomic mass is 9.99. The molecular weight excluding hydrogens is 270 g/mol. The number of anilines is 1. The number of nitrogens with two attached hydrogens (primary N) is 1. The maximum Gasteiger partial charge on any atom is 0.0642 e. The third kappa shape index (κ3) is 2.95. The van der Waals surface area contributed by atoms with Crippen molar-refractivity contribution in [2.45, 2.75) is 31.7 Å². The zero-order chi connectivity index (χ0) is 13.9. The van der Waals surface area contributed by atoms with Crippen LogP contribution < -0.4 is 10.6 Å². The van der Waals surface area contributed by atoms with Crippen LogP contribution >= 0.6 is 11.6 Å². The lowest BCUT2D eigenvalue weighted by Gasteiger charge is -2.45. The molecule has 2 aliphatic rings. The molecule has 0 spiro atoms. The van der Waals surface area contributed by atoms with Crippen molar-refractivity contribution in [3.63, 3.8) is 0 Å². The normalized spacial score (nSPS) is 23.7. The fourth-order valence-electron chi connectivity index (χ4n) is 3.50. The Morgan fingerprint density at radius 1 is 1.20 bits per heavy atom. The van der Waals surface area contributed by atoms with Crippen molar-refractivity contribution >= 4 is 17.3 Å². The van der Waals surface area contributed by atoms with E-state index in [2.05, 4.69) is 28.0 Å². The molecule has 0 aromatic heterocycles. The monoisotopic (exact) mass is 293 g/mol. The third-order valence-electron chi connectivity index (χ3n) is 4.62. The molecular formula is C16H24ClN3. The molecule has 2 aliphatic heterocycles. The number of halogens is 1. The molecule has 0 aliphatic carbocycles. The molecule has 2 N–H and O–H groups in total. The van der Waals surface area contributed by atoms with Gasteiger partial charge >= 0.3 is 0 Å². The van der Waals surface area contributed by atoms with Crippen LogP contribution in [0.4, 0.5) is 5.69 Å². The van der Waals surface area contributed by atoms with E-state index < -0.39 is 0 Å². The molecule has 1 unspecified atom stereocenters. The summed E-state index contributed by atoms with van der Waals surface area (Å²) in [5.74, 6) is 0. The summed E-state index contributed by atoms with van der Waals surface area (Å²) in [5, 5.41) is 0.875. The Labute approximate surface area is 126 Å². The highest BCUT2D eigenvalue weighted by Crippen LogP contribution is 2.30. The van der Waals surface area contributed by atoms with E-state index in [1.165, 1.54) is 43.6 Å². The number of hydrogen-bond acceptors (Lipinski definition) is 3. The van der Waals surface area contributed by atoms with Gasteiger partial charge in [-0.1, -0.05) is 24.1 Å². The van der Waals surface area contributed by atoms with Gasteiger partial charge in [-0.05, 0) is 50.0 Å². The highest BCUT2D eigenvalue weighted by molar-refractivity contribution is 6.33. The first kappa shape index (κ1) is 14.2. The van der Waals surface area contributed by atoms with Crippen molar-refractivity contribution in [2.24, 2.45) is 5.73 Å². The first-order chi connectivity index (χ1) is 9.78. The second-order valence-corrected chi connectivity index (χ2v) is 6.36. The smallest absolute Gasteiger partial charge is 0.0642 e. The van der Waals surface area contributed by atoms with Gasteiger partial charge in [-0.15, -0.1) is 0 Å². The minimum atomic E-state index is 0.677. The molecule has 1 aromatic carbocycles. The summed E-state index contributed by atoms with van der Waals surface area (Å²) in [6.07, 6.45) is 4.97. The fourth-order valence-corrected chi connectivity index (χ4v) is 3.83. The maximum absolute atomic E-state index is 6.48. The number of benzene rings is 1. The van der Waals surface area contributed by atoms with Crippen molar-refractivity contribution in [3.8, 4) is 0 Å². The van der Waals surface area contributed by atoms with Crippen LogP contribution in [-0.4, -0.2) is 43.7 Å². The minimum absolute atomic E-state index is 0.677. The van der Waals surface area contributed by atoms with E-state index in [-0.39, 0.29) is 0 Å². The number of piperidine rings is 1. The van der Waals surface area contributed by atoms with Crippen LogP contribution in [0, 0.1) is 0 Å². The molecule has 20 heavy (non-hydrogen) atoms. The van der Waals surface area contributed by atoms with Crippen LogP contribution in [-0.2, 0) is 6.42 Å². The third-order valence-corrected chi connectivity index (χ3v) is 4.93. The highest BCUT2D eigenvalue weighted by atomic mass is 35.5. The predicted molar refractivity (Wildman–Crippen MR) is 85.6 cm³/mol. The number of fused-ring (bicyclic) bond motifs is 1. The Morgan fingerprint density at radius 3 is 2.90 bits per heavy atom. The predicted octanol–water partition coefficient (Wildman–Crippen LogP) is 2.52. The summed E-state index contributed by atoms with van der Waals surface area (Å²) in [7, 11) is 0. The number of nitrogens with zero attached hydrogens (tertiary/aromatic N) is 2. The summed E-state index contributed by atoms with van der Waals surface area (Å²) in [6, 6.07) is 7.14. The summed E-state index contributed by atoms with van der Waals surface area (Å²) in [6.45, 7) is 5.34. The van der Waals surface area contributed by atoms with E-state index in [1.54, 1.807) is 0 Å². The Balaban J connectivity index is 1.72. The Hall–Kier alpha value is -0.770. The summed E-state index contributed by atoms with van der Waals surface area (Å²) in [5.41, 5.74) is 8.03. The van der Waals surface area contributed by atoms with Crippen molar-refractivity contribution in [1.82, 2.24) is 4.90 Å². The van der Waals surface area contributed by atoms with Crippen molar-refractivity contribution in [3.05, 3.63) is 28.8 Å². The van der Waals surface area contributed by atoms with Gasteiger partial charge in [0.2, 0.25) is 0 Å². The van der Waals surface area contributed by atoms with E-state index in [1.807, 2.05) is 0 Å². The van der Waals surface area contributed by atoms with Crippen LogP contribution in [0.1, 0.15) is 24.8 Å². The molecule has 0 bridgehead atoms. The molecule has 4 heteroatoms. The van der Waals surface area contributed by atoms with E-state index in [9.17, 15) is 0 Å². The van der Waals surface area contributed by atoms with E-state index >= 15 is 0 Å². The van der Waals surface area contributed by atoms with Gasteiger partial charge < -0.3 is 10.6 Å². The van der Waals surface area contributed by atoms with Crippen LogP contribution in [0.2, 0.25) is 5.02 Å². The van der Waals surface area contributed by atoms with Crippen molar-refractivity contribution in [1.29, 1.82) is 0 Å². The number of rotatable bonds is 3. The average molecular weight is 294 g/mol. The van der Waals surface area contributed by atoms with Gasteiger partial charge in [0, 0.05) is 25.7 Å². The SMILES string of the molecule is NCCc1ccc(N2CCN3CCCCC3C2)c(Cl)c1. The van der Waals surface area contributed by atoms with Crippen LogP contribution in [0.3, 0.4) is 0 Å². The van der Waals surface area contributed by atoms with Crippen molar-refractivity contribution < 1.29 is 0 Å². The molecule has 2 fully saturated rings. The minimum Gasteiger partial charge on any atom is -0.367 e. The zero-order valence-electron chi connectivity index (χ0n) is 12.0. The Kier molecular flexibility index (Phi) is 4.49. The first-order valence-electron chi connectivity index (χ1n) is 7.75.